The van der Waals surface area contributed by atoms with Crippen LogP contribution in [0.15, 0.2) is 12.3 Å². The van der Waals surface area contributed by atoms with Crippen LogP contribution in [0.25, 0.3) is 0 Å². The van der Waals surface area contributed by atoms with Crippen LogP contribution in [0.5, 0.6) is 0 Å². The van der Waals surface area contributed by atoms with E-state index in [1.165, 1.54) is 10.6 Å². The van der Waals surface area contributed by atoms with Gasteiger partial charge in [0.05, 0.1) is 18.8 Å². The van der Waals surface area contributed by atoms with E-state index in [1.54, 1.807) is 0 Å². The Kier molecular flexibility index (Phi) is 9.02. The zero-order valence-electron chi connectivity index (χ0n) is 22.4. The Bertz CT molecular complexity index is 855. The van der Waals surface area contributed by atoms with Gasteiger partial charge in [-0.25, -0.2) is 0 Å². The maximum absolute atomic E-state index is 13.1. The number of carbonyl (C=O) groups is 2. The number of nitrogens with zero attached hydrogens (tertiary/aromatic N) is 3. The van der Waals surface area contributed by atoms with Gasteiger partial charge in [0.1, 0.15) is 6.04 Å². The fourth-order valence-electron chi connectivity index (χ4n) is 6.26. The lowest BCUT2D eigenvalue weighted by Crippen LogP contribution is -2.58. The normalized spacial score (nSPS) is 31.3. The molecule has 2 aliphatic carbocycles. The predicted octanol–water partition coefficient (Wildman–Crippen LogP) is 2.93. The molecule has 2 saturated carbocycles. The molecule has 3 aliphatic rings. The lowest BCUT2D eigenvalue weighted by Gasteiger charge is -2.59. The molecule has 198 valence electrons. The van der Waals surface area contributed by atoms with E-state index in [-0.39, 0.29) is 55.2 Å². The number of likely N-dealkylation sites (tertiary alicyclic amines) is 1. The summed E-state index contributed by atoms with van der Waals surface area (Å²) in [4.78, 5) is 27.5. The number of aromatic nitrogens is 2. The number of amides is 2. The summed E-state index contributed by atoms with van der Waals surface area (Å²) >= 11 is 0. The van der Waals surface area contributed by atoms with Crippen LogP contribution in [-0.4, -0.2) is 68.0 Å². The largest absolute Gasteiger partial charge is 0.394 e. The van der Waals surface area contributed by atoms with Crippen molar-refractivity contribution in [3.05, 3.63) is 18.0 Å². The van der Waals surface area contributed by atoms with Crippen molar-refractivity contribution in [3.8, 4) is 0 Å². The van der Waals surface area contributed by atoms with Gasteiger partial charge in [-0.05, 0) is 55.9 Å². The van der Waals surface area contributed by atoms with Crippen LogP contribution in [0.1, 0.15) is 85.3 Å². The molecule has 0 aromatic carbocycles. The summed E-state index contributed by atoms with van der Waals surface area (Å²) in [6.07, 6.45) is 5.75. The van der Waals surface area contributed by atoms with Crippen LogP contribution in [0.2, 0.25) is 0 Å². The number of rotatable bonds is 8. The molecule has 2 heterocycles. The highest BCUT2D eigenvalue weighted by molar-refractivity contribution is 5.89. The summed E-state index contributed by atoms with van der Waals surface area (Å²) in [5.41, 5.74) is 1.65. The number of hydrogen-bond donors (Lipinski definition) is 3. The minimum Gasteiger partial charge on any atom is -0.394 e. The van der Waals surface area contributed by atoms with Crippen LogP contribution in [0.3, 0.4) is 0 Å². The second kappa shape index (κ2) is 11.4. The number of aliphatic hydroxyl groups excluding tert-OH is 2. The van der Waals surface area contributed by atoms with E-state index < -0.39 is 12.1 Å². The van der Waals surface area contributed by atoms with Crippen LogP contribution in [-0.2, 0) is 16.1 Å². The first-order valence-corrected chi connectivity index (χ1v) is 13.6. The van der Waals surface area contributed by atoms with Crippen LogP contribution in [0, 0.1) is 23.2 Å². The molecule has 1 saturated heterocycles. The van der Waals surface area contributed by atoms with E-state index in [4.69, 9.17) is 0 Å². The molecule has 2 amide bonds. The predicted molar refractivity (Wildman–Crippen MR) is 136 cm³/mol. The average molecular weight is 491 g/mol. The van der Waals surface area contributed by atoms with Gasteiger partial charge in [-0.2, -0.15) is 5.10 Å². The van der Waals surface area contributed by atoms with Gasteiger partial charge in [0.2, 0.25) is 11.8 Å². The molecule has 8 nitrogen and oxygen atoms in total. The van der Waals surface area contributed by atoms with Crippen molar-refractivity contribution in [1.29, 1.82) is 0 Å². The second-order valence-electron chi connectivity index (χ2n) is 11.1. The van der Waals surface area contributed by atoms with Crippen molar-refractivity contribution < 1.29 is 19.8 Å². The lowest BCUT2D eigenvalue weighted by molar-refractivity contribution is -0.143. The van der Waals surface area contributed by atoms with Crippen molar-refractivity contribution in [1.82, 2.24) is 20.0 Å². The zero-order valence-corrected chi connectivity index (χ0v) is 22.4. The van der Waals surface area contributed by atoms with E-state index in [9.17, 15) is 19.8 Å². The molecule has 4 rings (SSSR count). The topological polar surface area (TPSA) is 108 Å². The molecular weight excluding hydrogens is 444 g/mol. The van der Waals surface area contributed by atoms with Gasteiger partial charge in [-0.3, -0.25) is 14.3 Å². The average Bonchev–Trinajstić information content (AvgIpc) is 3.42. The van der Waals surface area contributed by atoms with Gasteiger partial charge >= 0.3 is 0 Å². The van der Waals surface area contributed by atoms with E-state index in [0.717, 1.165) is 32.2 Å². The first-order valence-electron chi connectivity index (χ1n) is 13.6. The Morgan fingerprint density at radius 3 is 2.43 bits per heavy atom. The number of hydrogen-bond acceptors (Lipinski definition) is 5. The molecule has 4 atom stereocenters. The summed E-state index contributed by atoms with van der Waals surface area (Å²) in [6.45, 7) is 12.9. The third-order valence-corrected chi connectivity index (χ3v) is 8.56. The van der Waals surface area contributed by atoms with Gasteiger partial charge < -0.3 is 20.4 Å². The number of nitrogens with one attached hydrogen (secondary N) is 1. The van der Waals surface area contributed by atoms with Gasteiger partial charge in [0, 0.05) is 43.2 Å². The fraction of sp³-hybridized carbons (Fsp3) is 0.815. The fourth-order valence-corrected chi connectivity index (χ4v) is 6.26. The number of carbonyl (C=O) groups excluding carboxylic acids is 2. The molecular formula is C27H46N4O4. The first kappa shape index (κ1) is 27.7. The van der Waals surface area contributed by atoms with Crippen molar-refractivity contribution in [2.45, 2.75) is 104 Å². The summed E-state index contributed by atoms with van der Waals surface area (Å²) in [5.74, 6) is 0.420. The standard InChI is InChI=1S/C25H40N4O4.C2H6/c1-5-29-21(6-7-26-29)18-11-25(12-18)9-17(10-25)20(14-30)27-23(32)22-8-19(31)13-28(22)24(33)16(4)15(2)3;1-2/h6-7,15-20,22,30-31H,5,8-14H2,1-4H3,(H,27,32);1-2H3. The summed E-state index contributed by atoms with van der Waals surface area (Å²) in [5, 5.41) is 27.6. The molecule has 1 aliphatic heterocycles. The molecule has 1 spiro atoms. The SMILES string of the molecule is CC.CCn1nccc1C1CC2(C1)CC(C(CO)NC(=O)C1CC(O)CN1C(=O)C(C)C(C)C)C2. The smallest absolute Gasteiger partial charge is 0.243 e. The zero-order chi connectivity index (χ0) is 25.9. The molecule has 0 radical (unpaired) electrons. The Labute approximate surface area is 210 Å². The monoisotopic (exact) mass is 490 g/mol. The highest BCUT2D eigenvalue weighted by Crippen LogP contribution is 2.64. The van der Waals surface area contributed by atoms with Crippen LogP contribution in [0.4, 0.5) is 0 Å². The minimum atomic E-state index is -0.688. The van der Waals surface area contributed by atoms with E-state index in [0.29, 0.717) is 11.3 Å². The van der Waals surface area contributed by atoms with E-state index >= 15 is 0 Å². The molecule has 0 bridgehead atoms. The van der Waals surface area contributed by atoms with Crippen molar-refractivity contribution in [2.75, 3.05) is 13.2 Å². The first-order chi connectivity index (χ1) is 16.7. The summed E-state index contributed by atoms with van der Waals surface area (Å²) < 4.78 is 2.08. The molecule has 4 unspecified atom stereocenters. The molecule has 3 fully saturated rings. The Hall–Kier alpha value is -1.93. The summed E-state index contributed by atoms with van der Waals surface area (Å²) in [7, 11) is 0. The quantitative estimate of drug-likeness (QED) is 0.519. The lowest BCUT2D eigenvalue weighted by atomic mass is 9.46. The minimum absolute atomic E-state index is 0.0864. The number of aryl methyl sites for hydroxylation is 1. The Balaban J connectivity index is 0.00000167. The molecule has 35 heavy (non-hydrogen) atoms. The maximum atomic E-state index is 13.1. The number of aliphatic hydroxyl groups is 2. The van der Waals surface area contributed by atoms with Gasteiger partial charge in [-0.1, -0.05) is 34.6 Å². The van der Waals surface area contributed by atoms with E-state index in [2.05, 4.69) is 28.1 Å². The van der Waals surface area contributed by atoms with Gasteiger partial charge in [0.25, 0.3) is 0 Å². The molecule has 8 heteroatoms. The number of β-amino-alcohol motifs (C(OH)–C–C–N with tert-alkyl or cyclic N) is 1. The van der Waals surface area contributed by atoms with Crippen LogP contribution < -0.4 is 5.32 Å². The highest BCUT2D eigenvalue weighted by atomic mass is 16.3. The Morgan fingerprint density at radius 2 is 1.86 bits per heavy atom. The van der Waals surface area contributed by atoms with E-state index in [1.807, 2.05) is 40.8 Å². The third kappa shape index (κ3) is 5.58. The van der Waals surface area contributed by atoms with Crippen molar-refractivity contribution >= 4 is 11.8 Å². The maximum Gasteiger partial charge on any atom is 0.243 e. The van der Waals surface area contributed by atoms with Crippen molar-refractivity contribution in [2.24, 2.45) is 23.2 Å². The third-order valence-electron chi connectivity index (χ3n) is 8.56. The van der Waals surface area contributed by atoms with Crippen LogP contribution >= 0.6 is 0 Å². The highest BCUT2D eigenvalue weighted by Gasteiger charge is 2.55. The summed E-state index contributed by atoms with van der Waals surface area (Å²) in [6, 6.07) is 1.15. The van der Waals surface area contributed by atoms with Crippen molar-refractivity contribution in [3.63, 3.8) is 0 Å². The molecule has 1 aromatic heterocycles. The Morgan fingerprint density at radius 1 is 1.20 bits per heavy atom. The van der Waals surface area contributed by atoms with Gasteiger partial charge in [0.15, 0.2) is 0 Å². The molecule has 1 aromatic rings. The van der Waals surface area contributed by atoms with Gasteiger partial charge in [-0.15, -0.1) is 0 Å². The second-order valence-corrected chi connectivity index (χ2v) is 11.1. The molecule has 3 N–H and O–H groups in total.